The fraction of sp³-hybridized carbons (Fsp3) is 0.294. The minimum atomic E-state index is -0.260. The zero-order valence-corrected chi connectivity index (χ0v) is 11.7. The molecular weight excluding hydrogens is 267 g/mol. The van der Waals surface area contributed by atoms with E-state index in [-0.39, 0.29) is 17.8 Å². The van der Waals surface area contributed by atoms with Gasteiger partial charge >= 0.3 is 0 Å². The topological polar surface area (TPSA) is 33.2 Å². The molecule has 1 amide bonds. The van der Waals surface area contributed by atoms with Crippen LogP contribution < -0.4 is 4.90 Å². The first kappa shape index (κ1) is 13.7. The van der Waals surface area contributed by atoms with Crippen molar-refractivity contribution in [2.75, 3.05) is 4.90 Å². The van der Waals surface area contributed by atoms with Crippen molar-refractivity contribution < 1.29 is 9.18 Å². The molecule has 3 nitrogen and oxygen atoms in total. The molecule has 1 heterocycles. The van der Waals surface area contributed by atoms with Gasteiger partial charge in [0.1, 0.15) is 11.6 Å². The van der Waals surface area contributed by atoms with Crippen LogP contribution in [0.4, 0.5) is 10.2 Å². The van der Waals surface area contributed by atoms with Gasteiger partial charge in [-0.05, 0) is 49.1 Å². The number of amides is 1. The highest BCUT2D eigenvalue weighted by atomic mass is 19.1. The van der Waals surface area contributed by atoms with E-state index in [1.807, 2.05) is 24.3 Å². The second-order valence-electron chi connectivity index (χ2n) is 5.31. The standard InChI is InChI=1S/C17H17FN2O/c18-14-5-3-4-13(12-14)7-10-17(21)20(15-8-9-15)16-6-1-2-11-19-16/h1-6,11-12,15H,7-10H2. The lowest BCUT2D eigenvalue weighted by molar-refractivity contribution is -0.118. The molecular formula is C17H17FN2O. The Morgan fingerprint density at radius 3 is 2.76 bits per heavy atom. The van der Waals surface area contributed by atoms with Gasteiger partial charge in [-0.1, -0.05) is 18.2 Å². The summed E-state index contributed by atoms with van der Waals surface area (Å²) in [7, 11) is 0. The second kappa shape index (κ2) is 6.04. The summed E-state index contributed by atoms with van der Waals surface area (Å²) in [6.45, 7) is 0. The third kappa shape index (κ3) is 3.45. The van der Waals surface area contributed by atoms with E-state index in [1.54, 1.807) is 17.2 Å². The minimum absolute atomic E-state index is 0.0560. The van der Waals surface area contributed by atoms with Crippen molar-refractivity contribution in [1.82, 2.24) is 4.98 Å². The molecule has 2 aromatic rings. The molecule has 0 spiro atoms. The molecule has 1 aliphatic carbocycles. The van der Waals surface area contributed by atoms with E-state index in [9.17, 15) is 9.18 Å². The molecule has 1 aromatic carbocycles. The molecule has 1 fully saturated rings. The van der Waals surface area contributed by atoms with Crippen molar-refractivity contribution >= 4 is 11.7 Å². The number of hydrogen-bond acceptors (Lipinski definition) is 2. The number of hydrogen-bond donors (Lipinski definition) is 0. The molecule has 108 valence electrons. The van der Waals surface area contributed by atoms with E-state index < -0.39 is 0 Å². The molecule has 3 rings (SSSR count). The van der Waals surface area contributed by atoms with Gasteiger partial charge < -0.3 is 0 Å². The summed E-state index contributed by atoms with van der Waals surface area (Å²) < 4.78 is 13.1. The fourth-order valence-electron chi connectivity index (χ4n) is 2.41. The van der Waals surface area contributed by atoms with Crippen LogP contribution in [-0.2, 0) is 11.2 Å². The van der Waals surface area contributed by atoms with E-state index in [0.29, 0.717) is 18.7 Å². The molecule has 1 aliphatic rings. The van der Waals surface area contributed by atoms with E-state index in [2.05, 4.69) is 4.98 Å². The summed E-state index contributed by atoms with van der Waals surface area (Å²) in [5.41, 5.74) is 0.847. The lowest BCUT2D eigenvalue weighted by atomic mass is 10.1. The molecule has 1 aromatic heterocycles. The van der Waals surface area contributed by atoms with Crippen LogP contribution in [0.25, 0.3) is 0 Å². The number of halogens is 1. The quantitative estimate of drug-likeness (QED) is 0.843. The summed E-state index contributed by atoms with van der Waals surface area (Å²) in [5.74, 6) is 0.508. The Morgan fingerprint density at radius 1 is 1.24 bits per heavy atom. The summed E-state index contributed by atoms with van der Waals surface area (Å²) in [5, 5.41) is 0. The summed E-state index contributed by atoms with van der Waals surface area (Å²) in [6, 6.07) is 12.3. The first-order valence-corrected chi connectivity index (χ1v) is 7.21. The first-order chi connectivity index (χ1) is 10.2. The van der Waals surface area contributed by atoms with Gasteiger partial charge in [-0.25, -0.2) is 9.37 Å². The molecule has 0 N–H and O–H groups in total. The lowest BCUT2D eigenvalue weighted by Gasteiger charge is -2.21. The summed E-state index contributed by atoms with van der Waals surface area (Å²) in [4.78, 5) is 18.5. The third-order valence-electron chi connectivity index (χ3n) is 3.59. The Morgan fingerprint density at radius 2 is 2.10 bits per heavy atom. The molecule has 0 bridgehead atoms. The molecule has 0 saturated heterocycles. The zero-order valence-electron chi connectivity index (χ0n) is 11.7. The maximum absolute atomic E-state index is 13.1. The zero-order chi connectivity index (χ0) is 14.7. The van der Waals surface area contributed by atoms with Gasteiger partial charge in [0, 0.05) is 18.7 Å². The van der Waals surface area contributed by atoms with Gasteiger partial charge in [0.25, 0.3) is 0 Å². The van der Waals surface area contributed by atoms with Gasteiger partial charge in [0.2, 0.25) is 5.91 Å². The third-order valence-corrected chi connectivity index (χ3v) is 3.59. The van der Waals surface area contributed by atoms with Crippen LogP contribution >= 0.6 is 0 Å². The number of anilines is 1. The second-order valence-corrected chi connectivity index (χ2v) is 5.31. The highest BCUT2D eigenvalue weighted by molar-refractivity contribution is 5.93. The highest BCUT2D eigenvalue weighted by Gasteiger charge is 2.33. The smallest absolute Gasteiger partial charge is 0.228 e. The van der Waals surface area contributed by atoms with Crippen molar-refractivity contribution in [2.24, 2.45) is 0 Å². The van der Waals surface area contributed by atoms with Gasteiger partial charge in [0.05, 0.1) is 0 Å². The number of benzene rings is 1. The maximum atomic E-state index is 13.1. The number of pyridine rings is 1. The SMILES string of the molecule is O=C(CCc1cccc(F)c1)N(c1ccccn1)C1CC1. The Kier molecular flexibility index (Phi) is 3.95. The van der Waals surface area contributed by atoms with Crippen molar-refractivity contribution in [2.45, 2.75) is 31.7 Å². The lowest BCUT2D eigenvalue weighted by Crippen LogP contribution is -2.33. The van der Waals surface area contributed by atoms with Crippen LogP contribution in [0.15, 0.2) is 48.7 Å². The Balaban J connectivity index is 1.68. The number of carbonyl (C=O) groups is 1. The summed E-state index contributed by atoms with van der Waals surface area (Å²) in [6.07, 6.45) is 4.68. The average Bonchev–Trinajstić information content (AvgIpc) is 3.31. The van der Waals surface area contributed by atoms with E-state index in [1.165, 1.54) is 12.1 Å². The summed E-state index contributed by atoms with van der Waals surface area (Å²) >= 11 is 0. The van der Waals surface area contributed by atoms with Crippen LogP contribution in [-0.4, -0.2) is 16.9 Å². The number of nitrogens with zero attached hydrogens (tertiary/aromatic N) is 2. The molecule has 0 aliphatic heterocycles. The predicted molar refractivity (Wildman–Crippen MR) is 79.5 cm³/mol. The molecule has 0 atom stereocenters. The number of aromatic nitrogens is 1. The van der Waals surface area contributed by atoms with E-state index >= 15 is 0 Å². The number of aryl methyl sites for hydroxylation is 1. The average molecular weight is 284 g/mol. The monoisotopic (exact) mass is 284 g/mol. The van der Waals surface area contributed by atoms with Gasteiger partial charge in [-0.3, -0.25) is 9.69 Å². The van der Waals surface area contributed by atoms with Gasteiger partial charge in [-0.2, -0.15) is 0 Å². The molecule has 0 radical (unpaired) electrons. The van der Waals surface area contributed by atoms with Gasteiger partial charge in [-0.15, -0.1) is 0 Å². The van der Waals surface area contributed by atoms with Crippen LogP contribution in [0.5, 0.6) is 0 Å². The normalized spacial score (nSPS) is 14.0. The van der Waals surface area contributed by atoms with Crippen molar-refractivity contribution in [1.29, 1.82) is 0 Å². The van der Waals surface area contributed by atoms with Crippen molar-refractivity contribution in [3.63, 3.8) is 0 Å². The minimum Gasteiger partial charge on any atom is -0.294 e. The van der Waals surface area contributed by atoms with Crippen LogP contribution in [0.2, 0.25) is 0 Å². The molecule has 4 heteroatoms. The van der Waals surface area contributed by atoms with Crippen molar-refractivity contribution in [3.05, 3.63) is 60.0 Å². The Hall–Kier alpha value is -2.23. The highest BCUT2D eigenvalue weighted by Crippen LogP contribution is 2.31. The van der Waals surface area contributed by atoms with Gasteiger partial charge in [0.15, 0.2) is 0 Å². The molecule has 1 saturated carbocycles. The fourth-order valence-corrected chi connectivity index (χ4v) is 2.41. The maximum Gasteiger partial charge on any atom is 0.228 e. The van der Waals surface area contributed by atoms with E-state index in [0.717, 1.165) is 18.4 Å². The predicted octanol–water partition coefficient (Wildman–Crippen LogP) is 3.35. The molecule has 21 heavy (non-hydrogen) atoms. The largest absolute Gasteiger partial charge is 0.294 e. The number of rotatable bonds is 5. The van der Waals surface area contributed by atoms with Crippen LogP contribution in [0.3, 0.4) is 0 Å². The van der Waals surface area contributed by atoms with Crippen LogP contribution in [0, 0.1) is 5.82 Å². The van der Waals surface area contributed by atoms with E-state index in [4.69, 9.17) is 0 Å². The Labute approximate surface area is 123 Å². The first-order valence-electron chi connectivity index (χ1n) is 7.21. The Bertz CT molecular complexity index is 626. The molecule has 0 unspecified atom stereocenters. The van der Waals surface area contributed by atoms with Crippen molar-refractivity contribution in [3.8, 4) is 0 Å². The number of carbonyl (C=O) groups excluding carboxylic acids is 1. The van der Waals surface area contributed by atoms with Crippen LogP contribution in [0.1, 0.15) is 24.8 Å².